The van der Waals surface area contributed by atoms with E-state index in [2.05, 4.69) is 29.4 Å². The average molecular weight is 308 g/mol. The Morgan fingerprint density at radius 1 is 1.43 bits per heavy atom. The summed E-state index contributed by atoms with van der Waals surface area (Å²) in [4.78, 5) is 28.3. The standard InChI is InChI=1S/C14H20N4O2S/c1-4-18-12(15)11(13(19)17-14(18)20)16-8(2)7-10-6-5-9(3)21-10/h5-6,8,16H,4,7,15H2,1-3H3,(H,17,19,20). The fraction of sp³-hybridized carbons (Fsp3) is 0.429. The summed E-state index contributed by atoms with van der Waals surface area (Å²) >= 11 is 1.73. The molecule has 114 valence electrons. The molecule has 2 aromatic rings. The Bertz CT molecular complexity index is 744. The lowest BCUT2D eigenvalue weighted by molar-refractivity contribution is 0.701. The monoisotopic (exact) mass is 308 g/mol. The van der Waals surface area contributed by atoms with Crippen LogP contribution in [0.2, 0.25) is 0 Å². The second kappa shape index (κ2) is 6.17. The van der Waals surface area contributed by atoms with Gasteiger partial charge in [0.15, 0.2) is 0 Å². The Kier molecular flexibility index (Phi) is 4.52. The van der Waals surface area contributed by atoms with Crippen LogP contribution < -0.4 is 22.3 Å². The molecule has 0 aliphatic carbocycles. The third-order valence-corrected chi connectivity index (χ3v) is 4.27. The van der Waals surface area contributed by atoms with Crippen molar-refractivity contribution in [2.45, 2.75) is 39.8 Å². The van der Waals surface area contributed by atoms with Crippen molar-refractivity contribution < 1.29 is 0 Å². The summed E-state index contributed by atoms with van der Waals surface area (Å²) in [6.45, 7) is 6.26. The molecule has 0 aliphatic rings. The summed E-state index contributed by atoms with van der Waals surface area (Å²) in [7, 11) is 0. The van der Waals surface area contributed by atoms with Crippen LogP contribution in [0.15, 0.2) is 21.7 Å². The van der Waals surface area contributed by atoms with E-state index in [4.69, 9.17) is 5.73 Å². The minimum absolute atomic E-state index is 0.0364. The molecule has 2 aromatic heterocycles. The molecule has 0 spiro atoms. The van der Waals surface area contributed by atoms with Crippen LogP contribution in [0.4, 0.5) is 11.5 Å². The first kappa shape index (κ1) is 15.4. The predicted molar refractivity (Wildman–Crippen MR) is 87.3 cm³/mol. The lowest BCUT2D eigenvalue weighted by Gasteiger charge is -2.17. The largest absolute Gasteiger partial charge is 0.383 e. The number of nitrogens with zero attached hydrogens (tertiary/aromatic N) is 1. The Morgan fingerprint density at radius 2 is 2.14 bits per heavy atom. The second-order valence-electron chi connectivity index (χ2n) is 5.03. The van der Waals surface area contributed by atoms with Crippen molar-refractivity contribution >= 4 is 22.8 Å². The van der Waals surface area contributed by atoms with Gasteiger partial charge in [0.25, 0.3) is 5.56 Å². The second-order valence-corrected chi connectivity index (χ2v) is 6.40. The first-order valence-electron chi connectivity index (χ1n) is 6.86. The van der Waals surface area contributed by atoms with Crippen LogP contribution in [0.1, 0.15) is 23.6 Å². The summed E-state index contributed by atoms with van der Waals surface area (Å²) in [5.41, 5.74) is 5.23. The first-order chi connectivity index (χ1) is 9.92. The van der Waals surface area contributed by atoms with Crippen molar-refractivity contribution in [3.05, 3.63) is 42.7 Å². The zero-order valence-corrected chi connectivity index (χ0v) is 13.2. The van der Waals surface area contributed by atoms with Crippen LogP contribution in [-0.2, 0) is 13.0 Å². The zero-order valence-electron chi connectivity index (χ0n) is 12.4. The van der Waals surface area contributed by atoms with E-state index in [1.807, 2.05) is 6.92 Å². The molecule has 0 amide bonds. The molecule has 21 heavy (non-hydrogen) atoms. The number of hydrogen-bond acceptors (Lipinski definition) is 5. The molecule has 1 atom stereocenters. The van der Waals surface area contributed by atoms with E-state index in [0.717, 1.165) is 6.42 Å². The highest BCUT2D eigenvalue weighted by Crippen LogP contribution is 2.19. The number of aromatic amines is 1. The van der Waals surface area contributed by atoms with Gasteiger partial charge in [-0.25, -0.2) is 4.79 Å². The van der Waals surface area contributed by atoms with E-state index in [0.29, 0.717) is 6.54 Å². The van der Waals surface area contributed by atoms with Gasteiger partial charge in [-0.05, 0) is 32.9 Å². The van der Waals surface area contributed by atoms with Gasteiger partial charge < -0.3 is 11.1 Å². The summed E-state index contributed by atoms with van der Waals surface area (Å²) in [6.07, 6.45) is 0.794. The third-order valence-electron chi connectivity index (χ3n) is 3.25. The molecule has 0 saturated carbocycles. The highest BCUT2D eigenvalue weighted by molar-refractivity contribution is 7.11. The van der Waals surface area contributed by atoms with Gasteiger partial charge in [-0.15, -0.1) is 11.3 Å². The number of anilines is 2. The maximum absolute atomic E-state index is 11.9. The van der Waals surface area contributed by atoms with Crippen LogP contribution in [0.3, 0.4) is 0 Å². The smallest absolute Gasteiger partial charge is 0.330 e. The van der Waals surface area contributed by atoms with Gasteiger partial charge >= 0.3 is 5.69 Å². The Morgan fingerprint density at radius 3 is 2.71 bits per heavy atom. The molecular weight excluding hydrogens is 288 g/mol. The van der Waals surface area contributed by atoms with E-state index >= 15 is 0 Å². The molecule has 0 aromatic carbocycles. The number of H-pyrrole nitrogens is 1. The van der Waals surface area contributed by atoms with Crippen LogP contribution >= 0.6 is 11.3 Å². The molecule has 6 nitrogen and oxygen atoms in total. The van der Waals surface area contributed by atoms with E-state index in [-0.39, 0.29) is 17.5 Å². The lowest BCUT2D eigenvalue weighted by Crippen LogP contribution is -2.35. The number of aryl methyl sites for hydroxylation is 1. The summed E-state index contributed by atoms with van der Waals surface area (Å²) in [5.74, 6) is 0.181. The van der Waals surface area contributed by atoms with Gasteiger partial charge in [0.1, 0.15) is 11.5 Å². The summed E-state index contributed by atoms with van der Waals surface area (Å²) in [6, 6.07) is 4.19. The Hall–Kier alpha value is -2.02. The van der Waals surface area contributed by atoms with E-state index in [9.17, 15) is 9.59 Å². The van der Waals surface area contributed by atoms with E-state index in [1.54, 1.807) is 18.3 Å². The quantitative estimate of drug-likeness (QED) is 0.781. The van der Waals surface area contributed by atoms with Crippen molar-refractivity contribution in [3.8, 4) is 0 Å². The minimum Gasteiger partial charge on any atom is -0.383 e. The van der Waals surface area contributed by atoms with Crippen LogP contribution in [0.5, 0.6) is 0 Å². The molecule has 0 aliphatic heterocycles. The maximum Gasteiger partial charge on any atom is 0.330 e. The van der Waals surface area contributed by atoms with Crippen molar-refractivity contribution in [3.63, 3.8) is 0 Å². The maximum atomic E-state index is 11.9. The third kappa shape index (κ3) is 3.36. The Labute approximate surface area is 126 Å². The van der Waals surface area contributed by atoms with Gasteiger partial charge in [-0.3, -0.25) is 14.3 Å². The highest BCUT2D eigenvalue weighted by atomic mass is 32.1. The van der Waals surface area contributed by atoms with Gasteiger partial charge in [-0.2, -0.15) is 0 Å². The van der Waals surface area contributed by atoms with Crippen LogP contribution in [0.25, 0.3) is 0 Å². The molecule has 2 rings (SSSR count). The highest BCUT2D eigenvalue weighted by Gasteiger charge is 2.14. The number of nitrogen functional groups attached to an aromatic ring is 1. The number of nitrogens with two attached hydrogens (primary N) is 1. The minimum atomic E-state index is -0.480. The fourth-order valence-electron chi connectivity index (χ4n) is 2.24. The molecule has 0 bridgehead atoms. The van der Waals surface area contributed by atoms with Gasteiger partial charge in [0.2, 0.25) is 0 Å². The van der Waals surface area contributed by atoms with E-state index in [1.165, 1.54) is 14.3 Å². The first-order valence-corrected chi connectivity index (χ1v) is 7.68. The molecule has 1 unspecified atom stereocenters. The van der Waals surface area contributed by atoms with Crippen LogP contribution in [-0.4, -0.2) is 15.6 Å². The van der Waals surface area contributed by atoms with Crippen LogP contribution in [0, 0.1) is 6.92 Å². The van der Waals surface area contributed by atoms with E-state index < -0.39 is 11.2 Å². The topological polar surface area (TPSA) is 92.9 Å². The summed E-state index contributed by atoms with van der Waals surface area (Å²) in [5, 5.41) is 3.12. The average Bonchev–Trinajstić information content (AvgIpc) is 2.80. The molecule has 0 fully saturated rings. The van der Waals surface area contributed by atoms with Gasteiger partial charge in [-0.1, -0.05) is 0 Å². The number of nitrogens with one attached hydrogen (secondary N) is 2. The predicted octanol–water partition coefficient (Wildman–Crippen LogP) is 1.55. The SMILES string of the molecule is CCn1c(N)c(NC(C)Cc2ccc(C)s2)c(=O)[nH]c1=O. The molecule has 2 heterocycles. The molecule has 0 radical (unpaired) electrons. The van der Waals surface area contributed by atoms with Crippen molar-refractivity contribution in [1.29, 1.82) is 0 Å². The van der Waals surface area contributed by atoms with Crippen molar-refractivity contribution in [1.82, 2.24) is 9.55 Å². The van der Waals surface area contributed by atoms with Gasteiger partial charge in [0.05, 0.1) is 0 Å². The Balaban J connectivity index is 2.23. The lowest BCUT2D eigenvalue weighted by atomic mass is 10.2. The van der Waals surface area contributed by atoms with Gasteiger partial charge in [0, 0.05) is 28.8 Å². The number of aromatic nitrogens is 2. The number of rotatable bonds is 5. The van der Waals surface area contributed by atoms with Crippen molar-refractivity contribution in [2.75, 3.05) is 11.1 Å². The zero-order chi connectivity index (χ0) is 15.6. The molecule has 0 saturated heterocycles. The molecule has 4 N–H and O–H groups in total. The van der Waals surface area contributed by atoms with Crippen molar-refractivity contribution in [2.24, 2.45) is 0 Å². The molecular formula is C14H20N4O2S. The number of thiophene rings is 1. The molecule has 7 heteroatoms. The fourth-order valence-corrected chi connectivity index (χ4v) is 3.25. The normalized spacial score (nSPS) is 12.3. The number of hydrogen-bond donors (Lipinski definition) is 3. The summed E-state index contributed by atoms with van der Waals surface area (Å²) < 4.78 is 1.34.